The Labute approximate surface area is 349 Å². The second-order valence-electron chi connectivity index (χ2n) is 12.7. The number of rotatable bonds is 9. The standard InChI is InChI=1S/C22H21N3O3.C12H11NO2.C10H14N2O2.CH4.ClH/c1-4-25(5-2)13-10-11-16-17(12-13)28-21-18(22(27)23-3)20(26)15-9-7-6-8-14(15)19(21)24-16;1-13-12(15)10-7-6-8-4-2-3-5-9(8)11(10)14;1-3-12(4-2)8-5-6-9(11-14)10(13)7-8;;/h6-12H,4-5H2,1-3H3,(H,23,27);2-7,14H,1H3,(H,13,15);5-7,13H,3-4H2,1-2H3;1H4;1H. The third-order valence-corrected chi connectivity index (χ3v) is 9.62. The third kappa shape index (κ3) is 9.87. The van der Waals surface area contributed by atoms with Crippen molar-refractivity contribution in [2.45, 2.75) is 35.1 Å². The molecule has 13 nitrogen and oxygen atoms in total. The number of benzene rings is 6. The van der Waals surface area contributed by atoms with E-state index >= 15 is 0 Å². The molecule has 1 aliphatic heterocycles. The Bertz CT molecular complexity index is 2590. The number of nitroso groups, excluding NO2 is 1. The van der Waals surface area contributed by atoms with E-state index < -0.39 is 5.91 Å². The average Bonchev–Trinajstić information content (AvgIpc) is 3.24. The molecule has 4 N–H and O–H groups in total. The number of nitrogens with zero attached hydrogens (tertiary/aromatic N) is 4. The molecule has 14 heteroatoms. The van der Waals surface area contributed by atoms with Crippen LogP contribution in [0.3, 0.4) is 0 Å². The fourth-order valence-electron chi connectivity index (χ4n) is 6.55. The first-order valence-corrected chi connectivity index (χ1v) is 18.7. The van der Waals surface area contributed by atoms with Crippen molar-refractivity contribution in [2.24, 2.45) is 5.18 Å². The van der Waals surface area contributed by atoms with Gasteiger partial charge in [-0.3, -0.25) is 14.4 Å². The Morgan fingerprint density at radius 3 is 1.86 bits per heavy atom. The van der Waals surface area contributed by atoms with Crippen molar-refractivity contribution in [3.05, 3.63) is 123 Å². The minimum absolute atomic E-state index is 0. The van der Waals surface area contributed by atoms with Crippen molar-refractivity contribution >= 4 is 73.9 Å². The maximum Gasteiger partial charge on any atom is 0.258 e. The van der Waals surface area contributed by atoms with Gasteiger partial charge in [0.2, 0.25) is 5.43 Å². The number of nitrogens with one attached hydrogen (secondary N) is 2. The smallest absolute Gasteiger partial charge is 0.258 e. The van der Waals surface area contributed by atoms with E-state index in [2.05, 4.69) is 39.5 Å². The van der Waals surface area contributed by atoms with Crippen molar-refractivity contribution in [2.75, 3.05) is 50.1 Å². The zero-order valence-corrected chi connectivity index (χ0v) is 34.0. The van der Waals surface area contributed by atoms with E-state index in [1.54, 1.807) is 36.4 Å². The molecule has 310 valence electrons. The normalized spacial score (nSPS) is 10.3. The highest BCUT2D eigenvalue weighted by molar-refractivity contribution is 6.08. The lowest BCUT2D eigenvalue weighted by molar-refractivity contribution is 0.0952. The number of aromatic nitrogens is 1. The van der Waals surface area contributed by atoms with Crippen LogP contribution >= 0.6 is 12.4 Å². The molecule has 5 aromatic carbocycles. The highest BCUT2D eigenvalue weighted by atomic mass is 35.5. The second-order valence-corrected chi connectivity index (χ2v) is 12.7. The summed E-state index contributed by atoms with van der Waals surface area (Å²) in [6, 6.07) is 28.7. The molecule has 0 saturated heterocycles. The molecule has 7 rings (SSSR count). The van der Waals surface area contributed by atoms with E-state index in [1.807, 2.05) is 68.4 Å². The number of carbonyl (C=O) groups is 2. The summed E-state index contributed by atoms with van der Waals surface area (Å²) in [5.41, 5.74) is 3.65. The van der Waals surface area contributed by atoms with Gasteiger partial charge in [0.25, 0.3) is 11.8 Å². The molecule has 0 spiro atoms. The number of anilines is 2. The molecule has 0 bridgehead atoms. The zero-order chi connectivity index (χ0) is 41.2. The van der Waals surface area contributed by atoms with Gasteiger partial charge in [-0.25, -0.2) is 4.98 Å². The molecule has 2 aliphatic rings. The van der Waals surface area contributed by atoms with Crippen molar-refractivity contribution in [1.82, 2.24) is 15.6 Å². The lowest BCUT2D eigenvalue weighted by Crippen LogP contribution is -2.27. The minimum Gasteiger partial charge on any atom is -0.506 e. The van der Waals surface area contributed by atoms with E-state index in [0.29, 0.717) is 38.5 Å². The summed E-state index contributed by atoms with van der Waals surface area (Å²) in [5.74, 6) is -0.576. The molecule has 0 atom stereocenters. The lowest BCUT2D eigenvalue weighted by atomic mass is 9.99. The van der Waals surface area contributed by atoms with E-state index in [4.69, 9.17) is 9.40 Å². The molecule has 0 unspecified atom stereocenters. The quantitative estimate of drug-likeness (QED) is 0.0623. The number of hydrogen-bond acceptors (Lipinski definition) is 11. The molecular formula is C45H51ClN6O7. The van der Waals surface area contributed by atoms with Crippen LogP contribution in [-0.4, -0.2) is 67.3 Å². The van der Waals surface area contributed by atoms with Gasteiger partial charge >= 0.3 is 0 Å². The van der Waals surface area contributed by atoms with Crippen LogP contribution in [0.15, 0.2) is 111 Å². The van der Waals surface area contributed by atoms with Crippen molar-refractivity contribution in [3.63, 3.8) is 0 Å². The number of amides is 2. The second kappa shape index (κ2) is 21.1. The van der Waals surface area contributed by atoms with Crippen LogP contribution in [0.4, 0.5) is 17.1 Å². The van der Waals surface area contributed by atoms with Crippen LogP contribution in [0, 0.1) is 4.91 Å². The first-order chi connectivity index (χ1) is 27.5. The van der Waals surface area contributed by atoms with E-state index in [-0.39, 0.29) is 59.7 Å². The molecule has 0 radical (unpaired) electrons. The SMILES string of the molecule is C.CCN(CC)c1ccc(N=O)c(O)c1.CCN(CC)c1ccc2nc3c4ccccc4c(=O)c(C(=O)NC)c-3oc2c1.CNC(=O)c1ccc2ccccc2c1O.Cl. The Morgan fingerprint density at radius 2 is 1.29 bits per heavy atom. The number of hydrogen-bond donors (Lipinski definition) is 4. The minimum atomic E-state index is -0.481. The summed E-state index contributed by atoms with van der Waals surface area (Å²) in [7, 11) is 3.03. The number of phenolic OH excluding ortho intramolecular Hbond substituents is 2. The van der Waals surface area contributed by atoms with Gasteiger partial charge in [-0.1, -0.05) is 62.0 Å². The van der Waals surface area contributed by atoms with E-state index in [1.165, 1.54) is 20.2 Å². The van der Waals surface area contributed by atoms with Crippen LogP contribution in [-0.2, 0) is 0 Å². The lowest BCUT2D eigenvalue weighted by Gasteiger charge is -2.21. The monoisotopic (exact) mass is 822 g/mol. The Morgan fingerprint density at radius 1 is 0.729 bits per heavy atom. The molecule has 0 aromatic heterocycles. The zero-order valence-electron chi connectivity index (χ0n) is 33.2. The summed E-state index contributed by atoms with van der Waals surface area (Å²) < 4.78 is 6.12. The van der Waals surface area contributed by atoms with Gasteiger partial charge in [-0.2, -0.15) is 0 Å². The van der Waals surface area contributed by atoms with Gasteiger partial charge in [0, 0.05) is 79.9 Å². The van der Waals surface area contributed by atoms with Crippen molar-refractivity contribution in [1.29, 1.82) is 0 Å². The van der Waals surface area contributed by atoms with Crippen LogP contribution in [0.1, 0.15) is 55.8 Å². The van der Waals surface area contributed by atoms with Crippen LogP contribution in [0.2, 0.25) is 0 Å². The molecule has 1 heterocycles. The Balaban J connectivity index is 0.000000255. The summed E-state index contributed by atoms with van der Waals surface area (Å²) in [6.07, 6.45) is 0. The Hall–Kier alpha value is -6.73. The number of halogens is 1. The molecule has 0 saturated carbocycles. The largest absolute Gasteiger partial charge is 0.506 e. The molecule has 5 aromatic rings. The molecule has 1 aliphatic carbocycles. The van der Waals surface area contributed by atoms with Gasteiger partial charge in [-0.05, 0) is 68.6 Å². The Kier molecular flexibility index (Phi) is 16.7. The number of carbonyl (C=O) groups excluding carboxylic acids is 2. The van der Waals surface area contributed by atoms with E-state index in [0.717, 1.165) is 42.9 Å². The van der Waals surface area contributed by atoms with Crippen molar-refractivity contribution < 1.29 is 24.2 Å². The summed E-state index contributed by atoms with van der Waals surface area (Å²) >= 11 is 0. The van der Waals surface area contributed by atoms with Gasteiger partial charge in [0.05, 0.1) is 5.56 Å². The summed E-state index contributed by atoms with van der Waals surface area (Å²) in [6.45, 7) is 11.7. The van der Waals surface area contributed by atoms with Crippen LogP contribution in [0.25, 0.3) is 44.1 Å². The molecule has 59 heavy (non-hydrogen) atoms. The van der Waals surface area contributed by atoms with Gasteiger partial charge in [-0.15, -0.1) is 17.3 Å². The van der Waals surface area contributed by atoms with Gasteiger partial charge in [0.15, 0.2) is 11.3 Å². The predicted molar refractivity (Wildman–Crippen MR) is 241 cm³/mol. The first-order valence-electron chi connectivity index (χ1n) is 18.7. The molecular weight excluding hydrogens is 772 g/mol. The fourth-order valence-corrected chi connectivity index (χ4v) is 6.55. The van der Waals surface area contributed by atoms with Gasteiger partial charge in [0.1, 0.15) is 34.0 Å². The average molecular weight is 823 g/mol. The highest BCUT2D eigenvalue weighted by Crippen LogP contribution is 2.34. The maximum absolute atomic E-state index is 13.0. The molecule has 2 amide bonds. The topological polar surface area (TPSA) is 178 Å². The maximum atomic E-state index is 13.0. The summed E-state index contributed by atoms with van der Waals surface area (Å²) in [4.78, 5) is 56.1. The number of aromatic hydroxyl groups is 2. The van der Waals surface area contributed by atoms with Crippen LogP contribution in [0.5, 0.6) is 11.5 Å². The molecule has 0 fully saturated rings. The number of fused-ring (bicyclic) bond motifs is 5. The van der Waals surface area contributed by atoms with E-state index in [9.17, 15) is 29.5 Å². The fraction of sp³-hybridized carbons (Fsp3) is 0.244. The van der Waals surface area contributed by atoms with Crippen LogP contribution < -0.4 is 25.9 Å². The predicted octanol–water partition coefficient (Wildman–Crippen LogP) is 9.25. The van der Waals surface area contributed by atoms with Crippen molar-refractivity contribution in [3.8, 4) is 23.0 Å². The summed E-state index contributed by atoms with van der Waals surface area (Å²) in [5, 5.41) is 29.8. The first kappa shape index (κ1) is 46.7. The third-order valence-electron chi connectivity index (χ3n) is 9.62. The highest BCUT2D eigenvalue weighted by Gasteiger charge is 2.26. The number of phenols is 2. The van der Waals surface area contributed by atoms with Gasteiger partial charge < -0.3 is 35.1 Å².